The van der Waals surface area contributed by atoms with E-state index in [-0.39, 0.29) is 0 Å². The lowest BCUT2D eigenvalue weighted by molar-refractivity contribution is 0.264. The third kappa shape index (κ3) is 3.04. The smallest absolute Gasteiger partial charge is 0.151 e. The molecule has 15 heavy (non-hydrogen) atoms. The van der Waals surface area contributed by atoms with E-state index in [0.29, 0.717) is 0 Å². The van der Waals surface area contributed by atoms with Gasteiger partial charge < -0.3 is 9.84 Å². The molecular formula is C11H19N3O. The average Bonchev–Trinajstić information content (AvgIpc) is 2.99. The molecule has 1 fully saturated rings. The highest BCUT2D eigenvalue weighted by Crippen LogP contribution is 2.26. The highest BCUT2D eigenvalue weighted by molar-refractivity contribution is 5.05. The van der Waals surface area contributed by atoms with Crippen LogP contribution in [0.1, 0.15) is 31.2 Å². The number of nitrogens with one attached hydrogen (secondary N) is 1. The second-order valence-electron chi connectivity index (χ2n) is 4.21. The predicted molar refractivity (Wildman–Crippen MR) is 58.4 cm³/mol. The van der Waals surface area contributed by atoms with Gasteiger partial charge in [-0.3, -0.25) is 4.90 Å². The first-order valence-electron chi connectivity index (χ1n) is 5.65. The molecule has 1 N–H and O–H groups in total. The molecule has 0 spiro atoms. The van der Waals surface area contributed by atoms with Crippen LogP contribution in [0.15, 0.2) is 10.6 Å². The number of rotatable bonds is 6. The molecule has 0 atom stereocenters. The van der Waals surface area contributed by atoms with Gasteiger partial charge in [0.25, 0.3) is 0 Å². The molecule has 1 aromatic heterocycles. The fraction of sp³-hybridized carbons (Fsp3) is 0.727. The predicted octanol–water partition coefficient (Wildman–Crippen LogP) is 1.38. The Bertz CT molecular complexity index is 307. The molecule has 0 aliphatic heterocycles. The first-order valence-corrected chi connectivity index (χ1v) is 5.65. The molecule has 1 aliphatic rings. The Morgan fingerprint density at radius 3 is 3.07 bits per heavy atom. The Hall–Kier alpha value is -0.870. The molecule has 0 amide bonds. The van der Waals surface area contributed by atoms with Crippen LogP contribution >= 0.6 is 0 Å². The molecule has 1 aliphatic carbocycles. The second-order valence-corrected chi connectivity index (χ2v) is 4.21. The molecule has 0 bridgehead atoms. The van der Waals surface area contributed by atoms with E-state index in [4.69, 9.17) is 4.52 Å². The van der Waals surface area contributed by atoms with Crippen LogP contribution in [-0.2, 0) is 13.1 Å². The molecule has 1 saturated carbocycles. The molecule has 2 rings (SSSR count). The van der Waals surface area contributed by atoms with Crippen molar-refractivity contribution in [1.82, 2.24) is 15.4 Å². The van der Waals surface area contributed by atoms with Gasteiger partial charge in [0, 0.05) is 18.7 Å². The molecule has 4 nitrogen and oxygen atoms in total. The van der Waals surface area contributed by atoms with Gasteiger partial charge in [0.1, 0.15) is 0 Å². The summed E-state index contributed by atoms with van der Waals surface area (Å²) in [7, 11) is 2.14. The van der Waals surface area contributed by atoms with Crippen molar-refractivity contribution < 1.29 is 4.52 Å². The summed E-state index contributed by atoms with van der Waals surface area (Å²) in [5.74, 6) is 0.970. The molecule has 0 aromatic carbocycles. The van der Waals surface area contributed by atoms with E-state index < -0.39 is 0 Å². The van der Waals surface area contributed by atoms with E-state index in [2.05, 4.69) is 29.3 Å². The van der Waals surface area contributed by atoms with E-state index in [1.54, 1.807) is 0 Å². The minimum Gasteiger partial charge on any atom is -0.360 e. The minimum atomic E-state index is 0.771. The maximum atomic E-state index is 5.28. The monoisotopic (exact) mass is 209 g/mol. The molecule has 0 unspecified atom stereocenters. The summed E-state index contributed by atoms with van der Waals surface area (Å²) in [5, 5.41) is 7.25. The fourth-order valence-corrected chi connectivity index (χ4v) is 1.66. The van der Waals surface area contributed by atoms with Crippen LogP contribution in [0.2, 0.25) is 0 Å². The Labute approximate surface area is 90.6 Å². The lowest BCUT2D eigenvalue weighted by atomic mass is 10.3. The third-order valence-corrected chi connectivity index (χ3v) is 2.74. The number of hydrogen-bond acceptors (Lipinski definition) is 4. The van der Waals surface area contributed by atoms with Crippen LogP contribution in [0.5, 0.6) is 0 Å². The molecule has 0 radical (unpaired) electrons. The fourth-order valence-electron chi connectivity index (χ4n) is 1.66. The summed E-state index contributed by atoms with van der Waals surface area (Å²) in [6.45, 7) is 4.73. The molecule has 0 saturated heterocycles. The van der Waals surface area contributed by atoms with Gasteiger partial charge in [-0.25, -0.2) is 0 Å². The first-order chi connectivity index (χ1) is 7.29. The first kappa shape index (κ1) is 10.6. The number of aromatic nitrogens is 1. The van der Waals surface area contributed by atoms with Crippen molar-refractivity contribution in [1.29, 1.82) is 0 Å². The Morgan fingerprint density at radius 1 is 1.60 bits per heavy atom. The summed E-state index contributed by atoms with van der Waals surface area (Å²) in [5.41, 5.74) is 0.996. The molecule has 1 heterocycles. The molecular weight excluding hydrogens is 190 g/mol. The summed E-state index contributed by atoms with van der Waals surface area (Å²) in [6.07, 6.45) is 2.66. The third-order valence-electron chi connectivity index (χ3n) is 2.74. The van der Waals surface area contributed by atoms with Gasteiger partial charge in [-0.1, -0.05) is 12.1 Å². The summed E-state index contributed by atoms with van der Waals surface area (Å²) in [4.78, 5) is 2.33. The van der Waals surface area contributed by atoms with E-state index >= 15 is 0 Å². The highest BCUT2D eigenvalue weighted by Gasteiger charge is 2.26. The zero-order valence-corrected chi connectivity index (χ0v) is 9.49. The van der Waals surface area contributed by atoms with Gasteiger partial charge in [-0.15, -0.1) is 0 Å². The molecule has 84 valence electrons. The van der Waals surface area contributed by atoms with Crippen molar-refractivity contribution in [2.24, 2.45) is 0 Å². The van der Waals surface area contributed by atoms with Crippen LogP contribution < -0.4 is 5.32 Å². The number of nitrogens with zero attached hydrogens (tertiary/aromatic N) is 2. The zero-order valence-electron chi connectivity index (χ0n) is 9.49. The van der Waals surface area contributed by atoms with Crippen LogP contribution in [0.4, 0.5) is 0 Å². The van der Waals surface area contributed by atoms with Gasteiger partial charge in [-0.2, -0.15) is 0 Å². The second kappa shape index (κ2) is 4.77. The summed E-state index contributed by atoms with van der Waals surface area (Å²) >= 11 is 0. The maximum Gasteiger partial charge on any atom is 0.151 e. The normalized spacial score (nSPS) is 16.2. The molecule has 4 heteroatoms. The van der Waals surface area contributed by atoms with Crippen LogP contribution in [0.3, 0.4) is 0 Å². The van der Waals surface area contributed by atoms with Gasteiger partial charge in [0.2, 0.25) is 0 Å². The highest BCUT2D eigenvalue weighted by atomic mass is 16.5. The van der Waals surface area contributed by atoms with Crippen molar-refractivity contribution in [3.63, 3.8) is 0 Å². The molecule has 1 aromatic rings. The van der Waals surface area contributed by atoms with Gasteiger partial charge in [-0.05, 0) is 26.4 Å². The average molecular weight is 209 g/mol. The topological polar surface area (TPSA) is 41.3 Å². The Balaban J connectivity index is 1.83. The van der Waals surface area contributed by atoms with E-state index in [1.165, 1.54) is 12.8 Å². The lowest BCUT2D eigenvalue weighted by Gasteiger charge is -2.12. The van der Waals surface area contributed by atoms with Gasteiger partial charge >= 0.3 is 0 Å². The van der Waals surface area contributed by atoms with Crippen molar-refractivity contribution >= 4 is 0 Å². The van der Waals surface area contributed by atoms with E-state index in [9.17, 15) is 0 Å². The lowest BCUT2D eigenvalue weighted by Crippen LogP contribution is -2.19. The standard InChI is InChI=1S/C11H19N3O/c1-3-12-7-9-6-11(15-13-9)8-14(2)10-4-5-10/h6,10,12H,3-5,7-8H2,1-2H3. The van der Waals surface area contributed by atoms with Crippen molar-refractivity contribution in [2.45, 2.75) is 38.9 Å². The van der Waals surface area contributed by atoms with Crippen molar-refractivity contribution in [2.75, 3.05) is 13.6 Å². The summed E-state index contributed by atoms with van der Waals surface area (Å²) in [6, 6.07) is 2.81. The van der Waals surface area contributed by atoms with E-state index in [0.717, 1.165) is 37.1 Å². The van der Waals surface area contributed by atoms with Crippen LogP contribution in [-0.4, -0.2) is 29.7 Å². The van der Waals surface area contributed by atoms with Crippen LogP contribution in [0.25, 0.3) is 0 Å². The largest absolute Gasteiger partial charge is 0.360 e. The zero-order chi connectivity index (χ0) is 10.7. The quantitative estimate of drug-likeness (QED) is 0.768. The van der Waals surface area contributed by atoms with Crippen LogP contribution in [0, 0.1) is 0 Å². The summed E-state index contributed by atoms with van der Waals surface area (Å²) < 4.78 is 5.28. The van der Waals surface area contributed by atoms with E-state index in [1.807, 2.05) is 6.07 Å². The van der Waals surface area contributed by atoms with Crippen molar-refractivity contribution in [3.8, 4) is 0 Å². The Morgan fingerprint density at radius 2 is 2.40 bits per heavy atom. The maximum absolute atomic E-state index is 5.28. The van der Waals surface area contributed by atoms with Gasteiger partial charge in [0.15, 0.2) is 5.76 Å². The number of hydrogen-bond donors (Lipinski definition) is 1. The van der Waals surface area contributed by atoms with Gasteiger partial charge in [0.05, 0.1) is 12.2 Å². The minimum absolute atomic E-state index is 0.771. The SMILES string of the molecule is CCNCc1cc(CN(C)C2CC2)on1. The van der Waals surface area contributed by atoms with Crippen molar-refractivity contribution in [3.05, 3.63) is 17.5 Å². The Kier molecular flexibility index (Phi) is 3.38.